The molecule has 2 heterocycles. The van der Waals surface area contributed by atoms with E-state index < -0.39 is 24.6 Å². The number of halogens is 4. The van der Waals surface area contributed by atoms with Crippen LogP contribution in [0, 0.1) is 0 Å². The minimum absolute atomic E-state index is 0.0820. The molecule has 10 heteroatoms. The summed E-state index contributed by atoms with van der Waals surface area (Å²) in [4.78, 5) is 15.5. The number of fused-ring (bicyclic) bond motifs is 1. The molecule has 0 bridgehead atoms. The number of esters is 1. The second-order valence-corrected chi connectivity index (χ2v) is 5.90. The zero-order chi connectivity index (χ0) is 18.2. The highest BCUT2D eigenvalue weighted by Crippen LogP contribution is 2.33. The van der Waals surface area contributed by atoms with Crippen molar-refractivity contribution in [3.05, 3.63) is 34.6 Å². The Hall–Kier alpha value is -2.36. The fourth-order valence-corrected chi connectivity index (χ4v) is 2.86. The summed E-state index contributed by atoms with van der Waals surface area (Å²) < 4.78 is 50.2. The van der Waals surface area contributed by atoms with Crippen LogP contribution >= 0.6 is 15.9 Å². The van der Waals surface area contributed by atoms with Crippen molar-refractivity contribution >= 4 is 32.8 Å². The summed E-state index contributed by atoms with van der Waals surface area (Å²) >= 11 is 3.31. The molecule has 2 aromatic heterocycles. The van der Waals surface area contributed by atoms with E-state index in [4.69, 9.17) is 9.26 Å². The summed E-state index contributed by atoms with van der Waals surface area (Å²) in [5.74, 6) is -1.38. The van der Waals surface area contributed by atoms with Crippen molar-refractivity contribution in [3.63, 3.8) is 0 Å². The van der Waals surface area contributed by atoms with Gasteiger partial charge in [-0.25, -0.2) is 4.79 Å². The third kappa shape index (κ3) is 3.53. The maximum atomic E-state index is 13.0. The van der Waals surface area contributed by atoms with E-state index in [1.165, 1.54) is 6.07 Å². The van der Waals surface area contributed by atoms with Gasteiger partial charge in [0.2, 0.25) is 5.82 Å². The van der Waals surface area contributed by atoms with E-state index in [2.05, 4.69) is 26.1 Å². The smallest absolute Gasteiger partial charge is 0.406 e. The van der Waals surface area contributed by atoms with Crippen LogP contribution in [0.5, 0.6) is 0 Å². The predicted molar refractivity (Wildman–Crippen MR) is 84.9 cm³/mol. The van der Waals surface area contributed by atoms with Crippen LogP contribution in [0.25, 0.3) is 22.4 Å². The van der Waals surface area contributed by atoms with Gasteiger partial charge in [-0.15, -0.1) is 0 Å². The largest absolute Gasteiger partial charge is 0.459 e. The van der Waals surface area contributed by atoms with Gasteiger partial charge in [0.05, 0.1) is 17.8 Å². The number of carbonyl (C=O) groups excluding carboxylic acids is 1. The molecule has 1 aromatic carbocycles. The van der Waals surface area contributed by atoms with Gasteiger partial charge in [0, 0.05) is 9.86 Å². The highest BCUT2D eigenvalue weighted by molar-refractivity contribution is 9.10. The quantitative estimate of drug-likeness (QED) is 0.595. The molecular formula is C15H11BrF3N3O3. The average Bonchev–Trinajstić information content (AvgIpc) is 3.12. The Balaban J connectivity index is 2.13. The molecule has 0 aliphatic carbocycles. The zero-order valence-corrected chi connectivity index (χ0v) is 14.4. The van der Waals surface area contributed by atoms with Crippen molar-refractivity contribution in [2.75, 3.05) is 6.61 Å². The monoisotopic (exact) mass is 417 g/mol. The molecule has 0 fully saturated rings. The van der Waals surface area contributed by atoms with Gasteiger partial charge in [0.1, 0.15) is 6.54 Å². The number of alkyl halides is 3. The third-order valence-corrected chi connectivity index (χ3v) is 4.03. The molecule has 0 amide bonds. The van der Waals surface area contributed by atoms with E-state index in [9.17, 15) is 18.0 Å². The minimum atomic E-state index is -4.45. The Labute approximate surface area is 147 Å². The minimum Gasteiger partial charge on any atom is -0.459 e. The highest BCUT2D eigenvalue weighted by atomic mass is 79.9. The number of rotatable bonds is 4. The van der Waals surface area contributed by atoms with Crippen LogP contribution in [0.2, 0.25) is 0 Å². The summed E-state index contributed by atoms with van der Waals surface area (Å²) in [6, 6.07) is 6.40. The summed E-state index contributed by atoms with van der Waals surface area (Å²) in [6.07, 6.45) is -4.45. The average molecular weight is 418 g/mol. The molecule has 3 rings (SSSR count). The molecule has 0 saturated carbocycles. The Morgan fingerprint density at radius 1 is 1.40 bits per heavy atom. The van der Waals surface area contributed by atoms with Gasteiger partial charge < -0.3 is 13.8 Å². The molecule has 0 atom stereocenters. The predicted octanol–water partition coefficient (Wildman–Crippen LogP) is 4.19. The van der Waals surface area contributed by atoms with Gasteiger partial charge in [0.15, 0.2) is 0 Å². The Morgan fingerprint density at radius 3 is 2.84 bits per heavy atom. The Bertz CT molecular complexity index is 933. The molecule has 0 saturated heterocycles. The lowest BCUT2D eigenvalue weighted by Crippen LogP contribution is -2.18. The van der Waals surface area contributed by atoms with Crippen LogP contribution in [-0.2, 0) is 11.3 Å². The number of carbonyl (C=O) groups is 1. The molecule has 25 heavy (non-hydrogen) atoms. The van der Waals surface area contributed by atoms with E-state index >= 15 is 0 Å². The lowest BCUT2D eigenvalue weighted by Gasteiger charge is -2.11. The topological polar surface area (TPSA) is 70.2 Å². The number of hydrogen-bond acceptors (Lipinski definition) is 5. The van der Waals surface area contributed by atoms with Crippen molar-refractivity contribution in [3.8, 4) is 11.5 Å². The first kappa shape index (κ1) is 17.5. The SMILES string of the molecule is CCOC(=O)c1nc(-c2cc3c(Br)cccc3n2CC(F)(F)F)no1. The fourth-order valence-electron chi connectivity index (χ4n) is 2.39. The van der Waals surface area contributed by atoms with E-state index in [0.29, 0.717) is 15.4 Å². The van der Waals surface area contributed by atoms with Crippen molar-refractivity contribution in [1.82, 2.24) is 14.7 Å². The van der Waals surface area contributed by atoms with Crippen LogP contribution in [0.4, 0.5) is 13.2 Å². The highest BCUT2D eigenvalue weighted by Gasteiger charge is 2.31. The maximum absolute atomic E-state index is 13.0. The molecular weight excluding hydrogens is 407 g/mol. The molecule has 0 aliphatic heterocycles. The zero-order valence-electron chi connectivity index (χ0n) is 12.8. The van der Waals surface area contributed by atoms with Crippen LogP contribution in [0.15, 0.2) is 33.3 Å². The van der Waals surface area contributed by atoms with E-state index in [1.54, 1.807) is 25.1 Å². The van der Waals surface area contributed by atoms with Crippen molar-refractivity contribution in [2.45, 2.75) is 19.6 Å². The van der Waals surface area contributed by atoms with E-state index in [-0.39, 0.29) is 18.1 Å². The molecule has 0 aliphatic rings. The van der Waals surface area contributed by atoms with Gasteiger partial charge >= 0.3 is 18.0 Å². The first-order chi connectivity index (χ1) is 11.8. The number of hydrogen-bond donors (Lipinski definition) is 0. The second-order valence-electron chi connectivity index (χ2n) is 5.05. The maximum Gasteiger partial charge on any atom is 0.406 e. The Morgan fingerprint density at radius 2 is 2.16 bits per heavy atom. The Kier molecular flexibility index (Phi) is 4.55. The summed E-state index contributed by atoms with van der Waals surface area (Å²) in [5, 5.41) is 4.17. The standard InChI is InChI=1S/C15H11BrF3N3O3/c1-2-24-14(23)13-20-12(21-25-13)11-6-8-9(16)4-3-5-10(8)22(11)7-15(17,18)19/h3-6H,2,7H2,1H3. The van der Waals surface area contributed by atoms with Gasteiger partial charge in [-0.3, -0.25) is 0 Å². The van der Waals surface area contributed by atoms with Crippen molar-refractivity contribution in [2.24, 2.45) is 0 Å². The van der Waals surface area contributed by atoms with Crippen molar-refractivity contribution < 1.29 is 27.2 Å². The number of benzene rings is 1. The number of aromatic nitrogens is 3. The number of nitrogens with zero attached hydrogens (tertiary/aromatic N) is 3. The number of ether oxygens (including phenoxy) is 1. The third-order valence-electron chi connectivity index (χ3n) is 3.34. The lowest BCUT2D eigenvalue weighted by molar-refractivity contribution is -0.139. The fraction of sp³-hybridized carbons (Fsp3) is 0.267. The van der Waals surface area contributed by atoms with Crippen LogP contribution in [0.1, 0.15) is 17.6 Å². The van der Waals surface area contributed by atoms with Crippen LogP contribution in [0.3, 0.4) is 0 Å². The molecule has 0 N–H and O–H groups in total. The van der Waals surface area contributed by atoms with Crippen molar-refractivity contribution in [1.29, 1.82) is 0 Å². The molecule has 132 valence electrons. The first-order valence-electron chi connectivity index (χ1n) is 7.16. The van der Waals surface area contributed by atoms with Gasteiger partial charge in [-0.2, -0.15) is 18.2 Å². The van der Waals surface area contributed by atoms with Gasteiger partial charge in [0.25, 0.3) is 0 Å². The lowest BCUT2D eigenvalue weighted by atomic mass is 10.2. The summed E-state index contributed by atoms with van der Waals surface area (Å²) in [5.41, 5.74) is 0.433. The second kappa shape index (κ2) is 6.51. The molecule has 6 nitrogen and oxygen atoms in total. The molecule has 0 spiro atoms. The first-order valence-corrected chi connectivity index (χ1v) is 7.95. The summed E-state index contributed by atoms with van der Waals surface area (Å²) in [6.45, 7) is 0.483. The van der Waals surface area contributed by atoms with Crippen LogP contribution < -0.4 is 0 Å². The molecule has 0 unspecified atom stereocenters. The molecule has 0 radical (unpaired) electrons. The molecule has 3 aromatic rings. The van der Waals surface area contributed by atoms with Crippen LogP contribution in [-0.4, -0.2) is 33.5 Å². The van der Waals surface area contributed by atoms with Gasteiger partial charge in [-0.1, -0.05) is 27.2 Å². The van der Waals surface area contributed by atoms with E-state index in [1.807, 2.05) is 0 Å². The van der Waals surface area contributed by atoms with Gasteiger partial charge in [-0.05, 0) is 25.1 Å². The normalized spacial score (nSPS) is 11.9. The van der Waals surface area contributed by atoms with E-state index in [0.717, 1.165) is 4.57 Å². The summed E-state index contributed by atoms with van der Waals surface area (Å²) in [7, 11) is 0.